The minimum absolute atomic E-state index is 0. The molecule has 0 rings (SSSR count). The number of aliphatic hydroxyl groups is 2. The molecule has 0 aromatic heterocycles. The second-order valence-electron chi connectivity index (χ2n) is 19.5. The number of hydrogen-bond acceptors (Lipinski definition) is 17. The lowest BCUT2D eigenvalue weighted by Gasteiger charge is -2.37. The second kappa shape index (κ2) is 34.4. The molecule has 0 bridgehead atoms. The zero-order chi connectivity index (χ0) is 49.0. The molecule has 0 aliphatic carbocycles. The Hall–Kier alpha value is 0.0444. The highest BCUT2D eigenvalue weighted by atomic mass is 31.2. The first-order valence-corrected chi connectivity index (χ1v) is 41.5. The lowest BCUT2D eigenvalue weighted by atomic mass is 10.1. The summed E-state index contributed by atoms with van der Waals surface area (Å²) >= 11 is 0. The van der Waals surface area contributed by atoms with Crippen molar-refractivity contribution < 1.29 is 78.6 Å². The molecule has 0 aromatic carbocycles. The zero-order valence-corrected chi connectivity index (χ0v) is 48.2. The molecule has 0 aliphatic rings. The average Bonchev–Trinajstić information content (AvgIpc) is 3.12. The van der Waals surface area contributed by atoms with Crippen molar-refractivity contribution in [3.05, 3.63) is 0 Å². The number of phosphoric ester groups is 2. The smallest absolute Gasteiger partial charge is 0.311 e. The number of phosphoric acid groups is 2. The van der Waals surface area contributed by atoms with Crippen molar-refractivity contribution in [2.24, 2.45) is 0 Å². The van der Waals surface area contributed by atoms with Gasteiger partial charge in [0.15, 0.2) is 33.3 Å². The van der Waals surface area contributed by atoms with Crippen molar-refractivity contribution in [2.45, 2.75) is 208 Å². The Morgan fingerprint density at radius 1 is 0.500 bits per heavy atom. The third-order valence-corrected chi connectivity index (χ3v) is 26.7. The highest BCUT2D eigenvalue weighted by Crippen LogP contribution is 2.39. The fraction of sp³-hybridized carbons (Fsp3) is 0.950. The molecule has 0 heterocycles. The van der Waals surface area contributed by atoms with Crippen LogP contribution in [0.4, 0.5) is 0 Å². The Morgan fingerprint density at radius 2 is 0.828 bits per heavy atom. The molecule has 0 spiro atoms. The number of rotatable bonds is 37. The molecule has 24 heteroatoms. The molecule has 64 heavy (non-hydrogen) atoms. The van der Waals surface area contributed by atoms with Crippen molar-refractivity contribution in [1.29, 1.82) is 0 Å². The Labute approximate surface area is 393 Å². The molecule has 0 saturated heterocycles. The van der Waals surface area contributed by atoms with Crippen LogP contribution in [0, 0.1) is 0 Å². The molecule has 0 saturated carbocycles. The van der Waals surface area contributed by atoms with Gasteiger partial charge in [-0.3, -0.25) is 18.7 Å². The molecule has 0 aliphatic heterocycles. The van der Waals surface area contributed by atoms with E-state index in [1.54, 1.807) is 13.8 Å². The van der Waals surface area contributed by atoms with E-state index in [0.29, 0.717) is 19.3 Å². The van der Waals surface area contributed by atoms with Gasteiger partial charge < -0.3 is 59.9 Å². The lowest BCUT2D eigenvalue weighted by molar-refractivity contribution is -0.229. The molecule has 4 atom stereocenters. The summed E-state index contributed by atoms with van der Waals surface area (Å²) in [4.78, 5) is 46.3. The van der Waals surface area contributed by atoms with Crippen molar-refractivity contribution in [1.82, 2.24) is 0 Å². The molecule has 0 fully saturated rings. The van der Waals surface area contributed by atoms with E-state index >= 15 is 0 Å². The molecule has 0 aromatic rings. The minimum atomic E-state index is -4.43. The van der Waals surface area contributed by atoms with Gasteiger partial charge in [0.1, 0.15) is 25.4 Å². The summed E-state index contributed by atoms with van der Waals surface area (Å²) in [5.74, 6) is -0.828. The van der Waals surface area contributed by atoms with Gasteiger partial charge in [-0.05, 0) is 116 Å². The predicted octanol–water partition coefficient (Wildman–Crippen LogP) is 9.36. The maximum Gasteiger partial charge on any atom is 0.311 e. The Morgan fingerprint density at radius 3 is 1.20 bits per heavy atom. The van der Waals surface area contributed by atoms with Gasteiger partial charge >= 0.3 is 20.5 Å². The molecular weight excluding hydrogens is 955 g/mol. The zero-order valence-electron chi connectivity index (χ0n) is 41.4. The maximum atomic E-state index is 11.8. The predicted molar refractivity (Wildman–Crippen MR) is 263 cm³/mol. The first-order valence-electron chi connectivity index (χ1n) is 22.7. The Kier molecular flexibility index (Phi) is 36.7. The standard InChI is InChI=1S/C23H53O9PSi3.C16H37O8PSi2.CH4/c1-9-18-29-33(26,27)30-21-22(24)20-28-23(25)17-15-13-11-10-12-14-16-19-35(5,6)32-36(7,8)31-34(2,3)4;1-7-11-22-25(19,20)23-14-15(17)13-21-16(18)10-8-9-12-27(5,6)24-26(2,3)4;/h22,24H,9-21H2,1-8H3,(H,26,27);15,17H,7-14H2,1-6H3,(H,19,20);1H4/p-2. The van der Waals surface area contributed by atoms with Crippen LogP contribution in [0.25, 0.3) is 0 Å². The van der Waals surface area contributed by atoms with Crippen LogP contribution in [-0.4, -0.2) is 116 Å². The van der Waals surface area contributed by atoms with Crippen LogP contribution < -0.4 is 9.79 Å². The third-order valence-electron chi connectivity index (χ3n) is 8.36. The topological polar surface area (TPSA) is 238 Å². The molecular formula is C40H92O17P2Si5-2. The summed E-state index contributed by atoms with van der Waals surface area (Å²) in [6.07, 6.45) is 8.18. The number of hydrogen-bond donors (Lipinski definition) is 2. The van der Waals surface area contributed by atoms with E-state index in [1.165, 1.54) is 19.3 Å². The van der Waals surface area contributed by atoms with E-state index in [4.69, 9.17) is 21.8 Å². The molecule has 17 nitrogen and oxygen atoms in total. The van der Waals surface area contributed by atoms with Gasteiger partial charge in [0.25, 0.3) is 15.6 Å². The van der Waals surface area contributed by atoms with Crippen LogP contribution in [0.2, 0.25) is 90.7 Å². The van der Waals surface area contributed by atoms with Gasteiger partial charge in [-0.15, -0.1) is 0 Å². The number of aliphatic hydroxyl groups excluding tert-OH is 2. The summed E-state index contributed by atoms with van der Waals surface area (Å²) in [5, 5.41) is 19.4. The monoisotopic (exact) mass is 1050 g/mol. The van der Waals surface area contributed by atoms with Gasteiger partial charge in [0.05, 0.1) is 26.4 Å². The van der Waals surface area contributed by atoms with Gasteiger partial charge in [-0.25, -0.2) is 0 Å². The minimum Gasteiger partial charge on any atom is -0.756 e. The number of carbonyl (C=O) groups excluding carboxylic acids is 2. The van der Waals surface area contributed by atoms with E-state index in [2.05, 4.69) is 96.7 Å². The molecule has 0 radical (unpaired) electrons. The van der Waals surface area contributed by atoms with E-state index in [0.717, 1.165) is 44.2 Å². The molecule has 386 valence electrons. The van der Waals surface area contributed by atoms with Gasteiger partial charge in [-0.2, -0.15) is 0 Å². The normalized spacial score (nSPS) is 15.5. The first kappa shape index (κ1) is 68.3. The first-order chi connectivity index (χ1) is 28.7. The van der Waals surface area contributed by atoms with Crippen molar-refractivity contribution in [3.63, 3.8) is 0 Å². The second-order valence-corrected chi connectivity index (χ2v) is 44.0. The highest BCUT2D eigenvalue weighted by molar-refractivity contribution is 7.46. The third kappa shape index (κ3) is 45.8. The number of unbranched alkanes of at least 4 members (excludes halogenated alkanes) is 7. The van der Waals surface area contributed by atoms with Crippen LogP contribution in [0.1, 0.15) is 105 Å². The van der Waals surface area contributed by atoms with Crippen LogP contribution in [-0.2, 0) is 58.6 Å². The highest BCUT2D eigenvalue weighted by Gasteiger charge is 2.37. The number of ether oxygens (including phenoxy) is 2. The SMILES string of the molecule is C.CCCOP(=O)([O-])OCC(O)COC(=O)CCCCCCCCC[Si](C)(C)O[Si](C)(C)O[Si](C)(C)C.CCCOP(=O)([O-])OCC(O)COC(=O)CCCC[Si](C)(C)O[Si](C)(C)C. The Balaban J connectivity index is -0.00000119. The summed E-state index contributed by atoms with van der Waals surface area (Å²) in [5.41, 5.74) is 0. The Bertz CT molecular complexity index is 1330. The van der Waals surface area contributed by atoms with Crippen LogP contribution >= 0.6 is 15.6 Å². The fourth-order valence-electron chi connectivity index (χ4n) is 6.33. The van der Waals surface area contributed by atoms with Crippen molar-refractivity contribution >= 4 is 69.4 Å². The summed E-state index contributed by atoms with van der Waals surface area (Å²) < 4.78 is 70.0. The molecule has 2 N–H and O–H groups in total. The lowest BCUT2D eigenvalue weighted by Crippen LogP contribution is -2.51. The fourth-order valence-corrected chi connectivity index (χ4v) is 29.4. The van der Waals surface area contributed by atoms with E-state index in [1.807, 2.05) is 0 Å². The molecule has 0 amide bonds. The van der Waals surface area contributed by atoms with Gasteiger partial charge in [-0.1, -0.05) is 66.2 Å². The summed E-state index contributed by atoms with van der Waals surface area (Å²) in [6, 6.07) is 2.14. The number of carbonyl (C=O) groups is 2. The summed E-state index contributed by atoms with van der Waals surface area (Å²) in [7, 11) is -17.5. The van der Waals surface area contributed by atoms with Gasteiger partial charge in [0, 0.05) is 12.8 Å². The van der Waals surface area contributed by atoms with Crippen molar-refractivity contribution in [3.8, 4) is 0 Å². The summed E-state index contributed by atoms with van der Waals surface area (Å²) in [6.45, 7) is 28.4. The van der Waals surface area contributed by atoms with Gasteiger partial charge in [0.2, 0.25) is 0 Å². The average molecular weight is 1050 g/mol. The van der Waals surface area contributed by atoms with E-state index in [-0.39, 0.29) is 46.7 Å². The van der Waals surface area contributed by atoms with Crippen LogP contribution in [0.5, 0.6) is 0 Å². The van der Waals surface area contributed by atoms with Crippen molar-refractivity contribution in [2.75, 3.05) is 39.6 Å². The van der Waals surface area contributed by atoms with E-state index in [9.17, 15) is 38.7 Å². The largest absolute Gasteiger partial charge is 0.756 e. The quantitative estimate of drug-likeness (QED) is 0.0255. The van der Waals surface area contributed by atoms with Crippen LogP contribution in [0.15, 0.2) is 0 Å². The van der Waals surface area contributed by atoms with Crippen LogP contribution in [0.3, 0.4) is 0 Å². The number of esters is 2. The molecule has 4 unspecified atom stereocenters. The van der Waals surface area contributed by atoms with E-state index < -0.39 is 94.8 Å². The maximum absolute atomic E-state index is 11.8.